The molecule has 0 radical (unpaired) electrons. The summed E-state index contributed by atoms with van der Waals surface area (Å²) in [5.74, 6) is -2.76. The molecule has 0 bridgehead atoms. The number of nitriles is 1. The lowest BCUT2D eigenvalue weighted by molar-refractivity contribution is 0.523. The fourth-order valence-corrected chi connectivity index (χ4v) is 1.88. The van der Waals surface area contributed by atoms with Crippen molar-refractivity contribution < 1.29 is 17.2 Å². The summed E-state index contributed by atoms with van der Waals surface area (Å²) in [6.07, 6.45) is 0. The molecule has 0 aliphatic carbocycles. The van der Waals surface area contributed by atoms with E-state index in [0.29, 0.717) is 12.1 Å². The van der Waals surface area contributed by atoms with Gasteiger partial charge in [-0.1, -0.05) is 0 Å². The molecule has 1 aromatic rings. The summed E-state index contributed by atoms with van der Waals surface area (Å²) >= 11 is 0. The minimum absolute atomic E-state index is 0.316. The van der Waals surface area contributed by atoms with E-state index < -0.39 is 25.6 Å². The highest BCUT2D eigenvalue weighted by Gasteiger charge is 2.22. The van der Waals surface area contributed by atoms with Crippen LogP contribution in [0.1, 0.15) is 5.56 Å². The summed E-state index contributed by atoms with van der Waals surface area (Å²) in [6.45, 7) is 0. The number of halogens is 3. The minimum Gasteiger partial charge on any atom is -0.207 e. The first kappa shape index (κ1) is 10.9. The van der Waals surface area contributed by atoms with E-state index in [4.69, 9.17) is 15.9 Å². The molecule has 0 aromatic heterocycles. The lowest BCUT2D eigenvalue weighted by Crippen LogP contribution is -2.00. The van der Waals surface area contributed by atoms with Gasteiger partial charge in [-0.2, -0.15) is 5.26 Å². The lowest BCUT2D eigenvalue weighted by Gasteiger charge is -2.00. The number of hydrogen-bond donors (Lipinski definition) is 0. The Balaban J connectivity index is 3.59. The third-order valence-electron chi connectivity index (χ3n) is 1.37. The van der Waals surface area contributed by atoms with Crippen molar-refractivity contribution in [1.82, 2.24) is 0 Å². The Morgan fingerprint density at radius 3 is 2.00 bits per heavy atom. The fourth-order valence-electron chi connectivity index (χ4n) is 0.857. The first-order valence-electron chi connectivity index (χ1n) is 3.20. The summed E-state index contributed by atoms with van der Waals surface area (Å²) in [6, 6.07) is 2.66. The van der Waals surface area contributed by atoms with Gasteiger partial charge in [-0.25, -0.2) is 17.2 Å². The molecule has 0 atom stereocenters. The van der Waals surface area contributed by atoms with E-state index in [1.807, 2.05) is 0 Å². The van der Waals surface area contributed by atoms with Crippen molar-refractivity contribution in [1.29, 1.82) is 5.26 Å². The third-order valence-corrected chi connectivity index (χ3v) is 2.71. The maximum atomic E-state index is 12.9. The van der Waals surface area contributed by atoms with Gasteiger partial charge in [0.15, 0.2) is 4.90 Å². The Morgan fingerprint density at radius 2 is 1.71 bits per heavy atom. The molecule has 0 saturated heterocycles. The highest BCUT2D eigenvalue weighted by atomic mass is 35.7. The van der Waals surface area contributed by atoms with Crippen LogP contribution < -0.4 is 0 Å². The second-order valence-electron chi connectivity index (χ2n) is 2.32. The van der Waals surface area contributed by atoms with Gasteiger partial charge in [0.1, 0.15) is 11.6 Å². The van der Waals surface area contributed by atoms with Crippen LogP contribution in [0.25, 0.3) is 0 Å². The van der Waals surface area contributed by atoms with E-state index in [0.717, 1.165) is 0 Å². The summed E-state index contributed by atoms with van der Waals surface area (Å²) in [5, 5.41) is 8.31. The zero-order valence-electron chi connectivity index (χ0n) is 6.46. The van der Waals surface area contributed by atoms with Crippen molar-refractivity contribution in [3.05, 3.63) is 29.3 Å². The van der Waals surface area contributed by atoms with Crippen LogP contribution in [0.4, 0.5) is 8.78 Å². The van der Waals surface area contributed by atoms with Crippen molar-refractivity contribution in [3.63, 3.8) is 0 Å². The van der Waals surface area contributed by atoms with Gasteiger partial charge in [0.2, 0.25) is 0 Å². The molecular formula is C7H2ClF2NO2S. The average molecular weight is 238 g/mol. The first-order valence-corrected chi connectivity index (χ1v) is 5.51. The molecule has 0 saturated carbocycles. The van der Waals surface area contributed by atoms with Gasteiger partial charge >= 0.3 is 0 Å². The first-order chi connectivity index (χ1) is 6.36. The van der Waals surface area contributed by atoms with Crippen LogP contribution in [0, 0.1) is 23.0 Å². The van der Waals surface area contributed by atoms with Crippen LogP contribution in [0.3, 0.4) is 0 Å². The molecule has 74 valence electrons. The molecule has 0 aliphatic rings. The van der Waals surface area contributed by atoms with Gasteiger partial charge in [0.25, 0.3) is 9.05 Å². The van der Waals surface area contributed by atoms with Crippen LogP contribution >= 0.6 is 10.7 Å². The summed E-state index contributed by atoms with van der Waals surface area (Å²) < 4.78 is 47.2. The number of benzene rings is 1. The summed E-state index contributed by atoms with van der Waals surface area (Å²) in [4.78, 5) is -1.24. The highest BCUT2D eigenvalue weighted by molar-refractivity contribution is 8.13. The summed E-state index contributed by atoms with van der Waals surface area (Å²) in [7, 11) is 0.298. The molecule has 7 heteroatoms. The van der Waals surface area contributed by atoms with Crippen LogP contribution in [0.5, 0.6) is 0 Å². The van der Waals surface area contributed by atoms with E-state index in [1.165, 1.54) is 6.07 Å². The highest BCUT2D eigenvalue weighted by Crippen LogP contribution is 2.23. The summed E-state index contributed by atoms with van der Waals surface area (Å²) in [5.41, 5.74) is -0.316. The average Bonchev–Trinajstić information content (AvgIpc) is 1.99. The molecule has 0 unspecified atom stereocenters. The van der Waals surface area contributed by atoms with E-state index in [1.54, 1.807) is 0 Å². The minimum atomic E-state index is -4.48. The molecule has 1 rings (SSSR count). The van der Waals surface area contributed by atoms with Gasteiger partial charge in [-0.3, -0.25) is 0 Å². The van der Waals surface area contributed by atoms with Gasteiger partial charge in [0.05, 0.1) is 11.6 Å². The molecule has 3 nitrogen and oxygen atoms in total. The predicted octanol–water partition coefficient (Wildman–Crippen LogP) is 1.76. The second kappa shape index (κ2) is 3.52. The molecule has 0 fully saturated rings. The van der Waals surface area contributed by atoms with Gasteiger partial charge in [0, 0.05) is 10.7 Å². The topological polar surface area (TPSA) is 57.9 Å². The monoisotopic (exact) mass is 237 g/mol. The third kappa shape index (κ3) is 2.00. The van der Waals surface area contributed by atoms with Gasteiger partial charge < -0.3 is 0 Å². The van der Waals surface area contributed by atoms with Crippen LogP contribution in [-0.2, 0) is 9.05 Å². The van der Waals surface area contributed by atoms with Crippen molar-refractivity contribution in [2.24, 2.45) is 0 Å². The molecule has 0 amide bonds. The lowest BCUT2D eigenvalue weighted by atomic mass is 10.2. The number of rotatable bonds is 1. The molecule has 1 aromatic carbocycles. The Bertz CT molecular complexity index is 498. The molecule has 0 aliphatic heterocycles. The normalized spacial score (nSPS) is 11.0. The van der Waals surface area contributed by atoms with Crippen LogP contribution in [0.2, 0.25) is 0 Å². The van der Waals surface area contributed by atoms with E-state index in [9.17, 15) is 17.2 Å². The molecule has 0 heterocycles. The van der Waals surface area contributed by atoms with Crippen LogP contribution in [0.15, 0.2) is 17.0 Å². The van der Waals surface area contributed by atoms with E-state index in [2.05, 4.69) is 0 Å². The maximum Gasteiger partial charge on any atom is 0.267 e. The van der Waals surface area contributed by atoms with Crippen molar-refractivity contribution in [2.45, 2.75) is 4.90 Å². The zero-order valence-corrected chi connectivity index (χ0v) is 8.03. The van der Waals surface area contributed by atoms with Crippen molar-refractivity contribution in [3.8, 4) is 6.07 Å². The number of hydrogen-bond acceptors (Lipinski definition) is 3. The van der Waals surface area contributed by atoms with Crippen molar-refractivity contribution >= 4 is 19.7 Å². The predicted molar refractivity (Wildman–Crippen MR) is 44.1 cm³/mol. The largest absolute Gasteiger partial charge is 0.267 e. The number of nitrogens with zero attached hydrogens (tertiary/aromatic N) is 1. The smallest absolute Gasteiger partial charge is 0.207 e. The van der Waals surface area contributed by atoms with Crippen LogP contribution in [-0.4, -0.2) is 8.42 Å². The van der Waals surface area contributed by atoms with Gasteiger partial charge in [-0.05, 0) is 12.1 Å². The SMILES string of the molecule is N#Cc1cc(F)c(S(=O)(=O)Cl)c(F)c1. The second-order valence-corrected chi connectivity index (χ2v) is 4.82. The zero-order chi connectivity index (χ0) is 10.9. The molecule has 0 spiro atoms. The van der Waals surface area contributed by atoms with E-state index >= 15 is 0 Å². The Labute approximate surface area is 83.0 Å². The van der Waals surface area contributed by atoms with Crippen molar-refractivity contribution in [2.75, 3.05) is 0 Å². The molecular weight excluding hydrogens is 236 g/mol. The van der Waals surface area contributed by atoms with Gasteiger partial charge in [-0.15, -0.1) is 0 Å². The Hall–Kier alpha value is -1.19. The molecule has 0 N–H and O–H groups in total. The molecule has 14 heavy (non-hydrogen) atoms. The Morgan fingerprint density at radius 1 is 1.29 bits per heavy atom. The maximum absolute atomic E-state index is 12.9. The standard InChI is InChI=1S/C7H2ClF2NO2S/c8-14(12,13)7-5(9)1-4(3-11)2-6(7)10/h1-2H. The van der Waals surface area contributed by atoms with E-state index in [-0.39, 0.29) is 5.56 Å². The Kier molecular flexibility index (Phi) is 2.73. The quantitative estimate of drug-likeness (QED) is 0.700. The fraction of sp³-hybridized carbons (Fsp3) is 0.